The number of benzene rings is 2. The second kappa shape index (κ2) is 6.47. The molecule has 0 aliphatic carbocycles. The quantitative estimate of drug-likeness (QED) is 0.648. The molecule has 0 aliphatic rings. The maximum absolute atomic E-state index is 10.7. The summed E-state index contributed by atoms with van der Waals surface area (Å²) in [4.78, 5) is 10.7. The maximum atomic E-state index is 10.7. The third-order valence-electron chi connectivity index (χ3n) is 2.60. The van der Waals surface area contributed by atoms with Crippen LogP contribution in [0.4, 0.5) is 0 Å². The Morgan fingerprint density at radius 3 is 2.45 bits per heavy atom. The molecular formula is C15H14O5. The lowest BCUT2D eigenvalue weighted by atomic mass is 10.2. The topological polar surface area (TPSA) is 65.0 Å². The van der Waals surface area contributed by atoms with Gasteiger partial charge in [-0.2, -0.15) is 0 Å². The number of methoxy groups -OCH3 is 1. The summed E-state index contributed by atoms with van der Waals surface area (Å²) >= 11 is 0. The van der Waals surface area contributed by atoms with Gasteiger partial charge in [0.15, 0.2) is 11.5 Å². The zero-order chi connectivity index (χ0) is 14.4. The second-order valence-electron chi connectivity index (χ2n) is 3.93. The Hall–Kier alpha value is -2.69. The number of aromatic hydroxyl groups is 1. The van der Waals surface area contributed by atoms with Crippen LogP contribution in [0.15, 0.2) is 42.5 Å². The lowest BCUT2D eigenvalue weighted by Crippen LogP contribution is -2.06. The minimum atomic E-state index is -0.0123. The molecule has 0 saturated heterocycles. The van der Waals surface area contributed by atoms with Crippen molar-refractivity contribution in [2.24, 2.45) is 0 Å². The van der Waals surface area contributed by atoms with Crippen molar-refractivity contribution in [2.45, 2.75) is 0 Å². The molecule has 2 rings (SSSR count). The first-order valence-electron chi connectivity index (χ1n) is 5.91. The Morgan fingerprint density at radius 1 is 1.05 bits per heavy atom. The van der Waals surface area contributed by atoms with Crippen LogP contribution >= 0.6 is 0 Å². The van der Waals surface area contributed by atoms with E-state index >= 15 is 0 Å². The largest absolute Gasteiger partial charge is 0.508 e. The van der Waals surface area contributed by atoms with E-state index in [1.807, 2.05) is 0 Å². The number of carbonyl (C=O) groups is 1. The number of rotatable bonds is 6. The molecule has 0 radical (unpaired) electrons. The fourth-order valence-electron chi connectivity index (χ4n) is 1.58. The highest BCUT2D eigenvalue weighted by molar-refractivity contribution is 5.76. The van der Waals surface area contributed by atoms with Crippen molar-refractivity contribution < 1.29 is 24.1 Å². The van der Waals surface area contributed by atoms with Gasteiger partial charge in [0.1, 0.15) is 17.8 Å². The van der Waals surface area contributed by atoms with Gasteiger partial charge in [-0.1, -0.05) is 0 Å². The average molecular weight is 274 g/mol. The molecular weight excluding hydrogens is 260 g/mol. The van der Waals surface area contributed by atoms with Crippen molar-refractivity contribution in [3.05, 3.63) is 48.0 Å². The first-order chi connectivity index (χ1) is 9.72. The van der Waals surface area contributed by atoms with Crippen LogP contribution in [0.2, 0.25) is 0 Å². The van der Waals surface area contributed by atoms with Crippen LogP contribution in [0.5, 0.6) is 23.0 Å². The molecule has 0 fully saturated rings. The predicted octanol–water partition coefficient (Wildman–Crippen LogP) is 2.63. The van der Waals surface area contributed by atoms with Crippen molar-refractivity contribution in [1.29, 1.82) is 0 Å². The van der Waals surface area contributed by atoms with Crippen LogP contribution in [-0.2, 0) is 0 Å². The third-order valence-corrected chi connectivity index (χ3v) is 2.60. The van der Waals surface area contributed by atoms with Crippen LogP contribution in [0.3, 0.4) is 0 Å². The van der Waals surface area contributed by atoms with Gasteiger partial charge in [-0.25, -0.2) is 0 Å². The van der Waals surface area contributed by atoms with Gasteiger partial charge in [0, 0.05) is 5.56 Å². The molecule has 5 heteroatoms. The number of hydrogen-bond acceptors (Lipinski definition) is 5. The van der Waals surface area contributed by atoms with Crippen LogP contribution in [-0.4, -0.2) is 25.3 Å². The van der Waals surface area contributed by atoms with Crippen LogP contribution < -0.4 is 14.2 Å². The van der Waals surface area contributed by atoms with Gasteiger partial charge in [0.05, 0.1) is 7.11 Å². The molecule has 20 heavy (non-hydrogen) atoms. The average Bonchev–Trinajstić information content (AvgIpc) is 2.49. The summed E-state index contributed by atoms with van der Waals surface area (Å²) in [6, 6.07) is 11.2. The molecule has 0 aliphatic heterocycles. The highest BCUT2D eigenvalue weighted by Gasteiger charge is 2.05. The van der Waals surface area contributed by atoms with E-state index in [2.05, 4.69) is 0 Å². The summed E-state index contributed by atoms with van der Waals surface area (Å²) in [5.41, 5.74) is 0.508. The molecule has 0 spiro atoms. The molecule has 2 aromatic carbocycles. The molecule has 2 aromatic rings. The Labute approximate surface area is 116 Å². The fraction of sp³-hybridized carbons (Fsp3) is 0.133. The number of phenolic OH excluding ortho intramolecular Hbond substituents is 1. The highest BCUT2D eigenvalue weighted by atomic mass is 16.7. The fourth-order valence-corrected chi connectivity index (χ4v) is 1.58. The molecule has 0 saturated carbocycles. The molecule has 5 nitrogen and oxygen atoms in total. The smallest absolute Gasteiger partial charge is 0.231 e. The summed E-state index contributed by atoms with van der Waals surface area (Å²) in [7, 11) is 1.50. The van der Waals surface area contributed by atoms with Crippen LogP contribution in [0.25, 0.3) is 0 Å². The summed E-state index contributed by atoms with van der Waals surface area (Å²) < 4.78 is 15.9. The third kappa shape index (κ3) is 3.41. The van der Waals surface area contributed by atoms with E-state index in [9.17, 15) is 4.79 Å². The Bertz CT molecular complexity index is 577. The van der Waals surface area contributed by atoms with E-state index in [-0.39, 0.29) is 12.5 Å². The molecule has 0 aromatic heterocycles. The molecule has 1 N–H and O–H groups in total. The Balaban J connectivity index is 1.96. The van der Waals surface area contributed by atoms with Crippen LogP contribution in [0, 0.1) is 0 Å². The monoisotopic (exact) mass is 274 g/mol. The van der Waals surface area contributed by atoms with Gasteiger partial charge in [0.2, 0.25) is 6.79 Å². The van der Waals surface area contributed by atoms with Crippen LogP contribution in [0.1, 0.15) is 10.4 Å². The lowest BCUT2D eigenvalue weighted by molar-refractivity contribution is 0.112. The van der Waals surface area contributed by atoms with E-state index in [4.69, 9.17) is 19.3 Å². The number of phenols is 1. The molecule has 0 bridgehead atoms. The zero-order valence-corrected chi connectivity index (χ0v) is 10.9. The number of carbonyl (C=O) groups excluding carboxylic acids is 1. The van der Waals surface area contributed by atoms with Crippen molar-refractivity contribution in [3.63, 3.8) is 0 Å². The van der Waals surface area contributed by atoms with Gasteiger partial charge >= 0.3 is 0 Å². The molecule has 0 amide bonds. The van der Waals surface area contributed by atoms with Gasteiger partial charge in [-0.05, 0) is 42.5 Å². The van der Waals surface area contributed by atoms with E-state index in [1.54, 1.807) is 30.3 Å². The van der Waals surface area contributed by atoms with Crippen molar-refractivity contribution in [3.8, 4) is 23.0 Å². The minimum absolute atomic E-state index is 0.0123. The molecule has 104 valence electrons. The van der Waals surface area contributed by atoms with E-state index in [0.29, 0.717) is 22.8 Å². The summed E-state index contributed by atoms with van der Waals surface area (Å²) in [6.07, 6.45) is 0.735. The molecule has 0 heterocycles. The number of ether oxygens (including phenoxy) is 3. The minimum Gasteiger partial charge on any atom is -0.508 e. The predicted molar refractivity (Wildman–Crippen MR) is 72.6 cm³/mol. The molecule has 0 atom stereocenters. The Morgan fingerprint density at radius 2 is 1.80 bits per heavy atom. The molecule has 0 unspecified atom stereocenters. The van der Waals surface area contributed by atoms with Gasteiger partial charge in [-0.15, -0.1) is 0 Å². The second-order valence-corrected chi connectivity index (χ2v) is 3.93. The van der Waals surface area contributed by atoms with E-state index in [1.165, 1.54) is 19.2 Å². The van der Waals surface area contributed by atoms with Crippen molar-refractivity contribution >= 4 is 6.29 Å². The highest BCUT2D eigenvalue weighted by Crippen LogP contribution is 2.27. The lowest BCUT2D eigenvalue weighted by Gasteiger charge is -2.12. The van der Waals surface area contributed by atoms with Crippen molar-refractivity contribution in [2.75, 3.05) is 13.9 Å². The number of aldehydes is 1. The van der Waals surface area contributed by atoms with Crippen molar-refractivity contribution in [1.82, 2.24) is 0 Å². The summed E-state index contributed by atoms with van der Waals surface area (Å²) in [5, 5.41) is 9.15. The summed E-state index contributed by atoms with van der Waals surface area (Å²) in [6.45, 7) is -0.0123. The SMILES string of the molecule is COc1cc(C=O)ccc1OCOc1ccc(O)cc1. The van der Waals surface area contributed by atoms with Gasteiger partial charge in [-0.3, -0.25) is 4.79 Å². The standard InChI is InChI=1S/C15H14O5/c1-18-15-8-11(9-16)2-7-14(15)20-10-19-13-5-3-12(17)4-6-13/h2-9,17H,10H2,1H3. The summed E-state index contributed by atoms with van der Waals surface area (Å²) in [5.74, 6) is 1.69. The van der Waals surface area contributed by atoms with Gasteiger partial charge in [0.25, 0.3) is 0 Å². The Kier molecular flexibility index (Phi) is 4.44. The van der Waals surface area contributed by atoms with E-state index in [0.717, 1.165) is 6.29 Å². The number of hydrogen-bond donors (Lipinski definition) is 1. The van der Waals surface area contributed by atoms with E-state index < -0.39 is 0 Å². The first kappa shape index (κ1) is 13.7. The normalized spacial score (nSPS) is 9.85. The van der Waals surface area contributed by atoms with Gasteiger partial charge < -0.3 is 19.3 Å². The first-order valence-corrected chi connectivity index (χ1v) is 5.91. The zero-order valence-electron chi connectivity index (χ0n) is 10.9. The maximum Gasteiger partial charge on any atom is 0.231 e.